The Hall–Kier alpha value is -1.20. The number of carbonyl (C=O) groups is 1. The van der Waals surface area contributed by atoms with Crippen molar-refractivity contribution in [3.8, 4) is 0 Å². The summed E-state index contributed by atoms with van der Waals surface area (Å²) >= 11 is 1.71. The molecular formula is C16H23N3OS. The molecule has 2 heterocycles. The van der Waals surface area contributed by atoms with E-state index in [-0.39, 0.29) is 0 Å². The maximum absolute atomic E-state index is 12.3. The van der Waals surface area contributed by atoms with Crippen molar-refractivity contribution in [2.75, 3.05) is 26.2 Å². The van der Waals surface area contributed by atoms with Crippen molar-refractivity contribution in [1.82, 2.24) is 14.8 Å². The highest BCUT2D eigenvalue weighted by atomic mass is 32.1. The van der Waals surface area contributed by atoms with Gasteiger partial charge in [-0.25, -0.2) is 4.98 Å². The molecule has 21 heavy (non-hydrogen) atoms. The molecule has 1 saturated heterocycles. The first-order valence-electron chi connectivity index (χ1n) is 7.78. The molecule has 1 amide bonds. The highest BCUT2D eigenvalue weighted by Crippen LogP contribution is 2.21. The second kappa shape index (κ2) is 6.71. The molecule has 0 aromatic carbocycles. The summed E-state index contributed by atoms with van der Waals surface area (Å²) in [6.07, 6.45) is 7.39. The third-order valence-corrected chi connectivity index (χ3v) is 5.15. The van der Waals surface area contributed by atoms with Crippen molar-refractivity contribution in [3.63, 3.8) is 0 Å². The van der Waals surface area contributed by atoms with Gasteiger partial charge in [-0.15, -0.1) is 11.3 Å². The quantitative estimate of drug-likeness (QED) is 0.802. The Morgan fingerprint density at radius 2 is 2.19 bits per heavy atom. The van der Waals surface area contributed by atoms with Crippen molar-refractivity contribution in [1.29, 1.82) is 0 Å². The molecule has 0 radical (unpaired) electrons. The van der Waals surface area contributed by atoms with E-state index in [9.17, 15) is 4.79 Å². The molecule has 0 saturated carbocycles. The number of hydrogen-bond acceptors (Lipinski definition) is 4. The summed E-state index contributed by atoms with van der Waals surface area (Å²) in [4.78, 5) is 21.2. The molecule has 0 spiro atoms. The fourth-order valence-electron chi connectivity index (χ4n) is 3.08. The van der Waals surface area contributed by atoms with Crippen LogP contribution >= 0.6 is 11.3 Å². The maximum atomic E-state index is 12.3. The normalized spacial score (nSPS) is 22.9. The predicted octanol–water partition coefficient (Wildman–Crippen LogP) is 2.45. The second-order valence-corrected chi connectivity index (χ2v) is 7.05. The van der Waals surface area contributed by atoms with Crippen molar-refractivity contribution >= 4 is 17.2 Å². The number of piperazine rings is 1. The summed E-state index contributed by atoms with van der Waals surface area (Å²) < 4.78 is 0. The van der Waals surface area contributed by atoms with E-state index in [1.165, 1.54) is 0 Å². The van der Waals surface area contributed by atoms with Gasteiger partial charge in [0, 0.05) is 44.5 Å². The van der Waals surface area contributed by atoms with Crippen LogP contribution in [-0.4, -0.2) is 46.9 Å². The Morgan fingerprint density at radius 1 is 1.38 bits per heavy atom. The van der Waals surface area contributed by atoms with Gasteiger partial charge in [-0.1, -0.05) is 12.2 Å². The van der Waals surface area contributed by atoms with Crippen LogP contribution in [0, 0.1) is 12.8 Å². The number of aryl methyl sites for hydroxylation is 1. The molecule has 0 bridgehead atoms. The zero-order valence-electron chi connectivity index (χ0n) is 12.6. The zero-order chi connectivity index (χ0) is 14.7. The van der Waals surface area contributed by atoms with Crippen LogP contribution in [0.5, 0.6) is 0 Å². The third kappa shape index (κ3) is 3.92. The lowest BCUT2D eigenvalue weighted by Gasteiger charge is -2.34. The van der Waals surface area contributed by atoms with Gasteiger partial charge in [0.2, 0.25) is 5.91 Å². The van der Waals surface area contributed by atoms with Gasteiger partial charge in [-0.2, -0.15) is 0 Å². The molecule has 1 aromatic rings. The minimum atomic E-state index is 0.329. The van der Waals surface area contributed by atoms with Crippen molar-refractivity contribution in [3.05, 3.63) is 28.2 Å². The second-order valence-electron chi connectivity index (χ2n) is 5.98. The van der Waals surface area contributed by atoms with Crippen LogP contribution in [0.25, 0.3) is 0 Å². The van der Waals surface area contributed by atoms with E-state index in [2.05, 4.69) is 27.4 Å². The fourth-order valence-corrected chi connectivity index (χ4v) is 3.69. The number of carbonyl (C=O) groups excluding carboxylic acids is 1. The van der Waals surface area contributed by atoms with Crippen LogP contribution < -0.4 is 0 Å². The Kier molecular flexibility index (Phi) is 4.70. The summed E-state index contributed by atoms with van der Waals surface area (Å²) in [5.41, 5.74) is 1.16. The predicted molar refractivity (Wildman–Crippen MR) is 85.2 cm³/mol. The summed E-state index contributed by atoms with van der Waals surface area (Å²) in [5.74, 6) is 0.809. The molecule has 1 aromatic heterocycles. The van der Waals surface area contributed by atoms with Crippen molar-refractivity contribution in [2.45, 2.75) is 32.7 Å². The molecule has 114 valence electrons. The zero-order valence-corrected chi connectivity index (χ0v) is 13.4. The van der Waals surface area contributed by atoms with E-state index in [0.29, 0.717) is 18.2 Å². The van der Waals surface area contributed by atoms with Gasteiger partial charge < -0.3 is 4.90 Å². The van der Waals surface area contributed by atoms with Crippen LogP contribution in [0.4, 0.5) is 0 Å². The lowest BCUT2D eigenvalue weighted by atomic mass is 10.0. The highest BCUT2D eigenvalue weighted by molar-refractivity contribution is 7.09. The molecular weight excluding hydrogens is 282 g/mol. The highest BCUT2D eigenvalue weighted by Gasteiger charge is 2.23. The smallest absolute Gasteiger partial charge is 0.223 e. The van der Waals surface area contributed by atoms with Gasteiger partial charge in [0.05, 0.1) is 10.7 Å². The van der Waals surface area contributed by atoms with E-state index >= 15 is 0 Å². The summed E-state index contributed by atoms with van der Waals surface area (Å²) in [6, 6.07) is 0. The standard InChI is InChI=1S/C16H23N3OS/c1-13-17-15(12-21-13)11-18-6-8-19(9-7-18)16(20)10-14-4-2-3-5-14/h2,4,12,14H,3,5-11H2,1H3. The summed E-state index contributed by atoms with van der Waals surface area (Å²) in [5, 5.41) is 3.27. The summed E-state index contributed by atoms with van der Waals surface area (Å²) in [7, 11) is 0. The first-order valence-corrected chi connectivity index (χ1v) is 8.66. The van der Waals surface area contributed by atoms with E-state index in [1.54, 1.807) is 11.3 Å². The van der Waals surface area contributed by atoms with Crippen LogP contribution in [0.15, 0.2) is 17.5 Å². The minimum Gasteiger partial charge on any atom is -0.340 e. The van der Waals surface area contributed by atoms with Crippen LogP contribution in [0.3, 0.4) is 0 Å². The molecule has 3 rings (SSSR count). The van der Waals surface area contributed by atoms with Gasteiger partial charge in [0.1, 0.15) is 0 Å². The number of rotatable bonds is 4. The van der Waals surface area contributed by atoms with Gasteiger partial charge in [0.25, 0.3) is 0 Å². The van der Waals surface area contributed by atoms with Gasteiger partial charge in [-0.05, 0) is 25.7 Å². The molecule has 1 fully saturated rings. The average Bonchev–Trinajstić information content (AvgIpc) is 3.12. The van der Waals surface area contributed by atoms with E-state index in [4.69, 9.17) is 0 Å². The van der Waals surface area contributed by atoms with Crippen molar-refractivity contribution < 1.29 is 4.79 Å². The Bertz CT molecular complexity index is 517. The van der Waals surface area contributed by atoms with Gasteiger partial charge in [-0.3, -0.25) is 9.69 Å². The summed E-state index contributed by atoms with van der Waals surface area (Å²) in [6.45, 7) is 6.60. The first kappa shape index (κ1) is 14.7. The number of allylic oxidation sites excluding steroid dienone is 2. The molecule has 1 unspecified atom stereocenters. The lowest BCUT2D eigenvalue weighted by molar-refractivity contribution is -0.133. The molecule has 5 heteroatoms. The topological polar surface area (TPSA) is 36.4 Å². The Balaban J connectivity index is 1.44. The number of aromatic nitrogens is 1. The van der Waals surface area contributed by atoms with E-state index < -0.39 is 0 Å². The monoisotopic (exact) mass is 305 g/mol. The van der Waals surface area contributed by atoms with Crippen molar-refractivity contribution in [2.24, 2.45) is 5.92 Å². The number of nitrogens with zero attached hydrogens (tertiary/aromatic N) is 3. The largest absolute Gasteiger partial charge is 0.340 e. The van der Waals surface area contributed by atoms with Gasteiger partial charge >= 0.3 is 0 Å². The average molecular weight is 305 g/mol. The number of thiazole rings is 1. The van der Waals surface area contributed by atoms with Crippen LogP contribution in [-0.2, 0) is 11.3 Å². The molecule has 0 N–H and O–H groups in total. The first-order chi connectivity index (χ1) is 10.2. The van der Waals surface area contributed by atoms with Crippen LogP contribution in [0.1, 0.15) is 30.0 Å². The molecule has 1 aliphatic heterocycles. The third-order valence-electron chi connectivity index (χ3n) is 4.33. The number of hydrogen-bond donors (Lipinski definition) is 0. The lowest BCUT2D eigenvalue weighted by Crippen LogP contribution is -2.48. The fraction of sp³-hybridized carbons (Fsp3) is 0.625. The van der Waals surface area contributed by atoms with Crippen LogP contribution in [0.2, 0.25) is 0 Å². The molecule has 1 aliphatic carbocycles. The maximum Gasteiger partial charge on any atom is 0.223 e. The van der Waals surface area contributed by atoms with E-state index in [1.807, 2.05) is 11.8 Å². The Labute approximate surface area is 130 Å². The molecule has 1 atom stereocenters. The molecule has 4 nitrogen and oxygen atoms in total. The SMILES string of the molecule is Cc1nc(CN2CCN(C(=O)CC3C=CCC3)CC2)cs1. The van der Waals surface area contributed by atoms with Gasteiger partial charge in [0.15, 0.2) is 0 Å². The Morgan fingerprint density at radius 3 is 2.81 bits per heavy atom. The minimum absolute atomic E-state index is 0.329. The van der Waals surface area contributed by atoms with E-state index in [0.717, 1.165) is 56.3 Å². The molecule has 2 aliphatic rings. The number of amides is 1.